The zero-order chi connectivity index (χ0) is 17.3. The first-order valence-electron chi connectivity index (χ1n) is 7.60. The third kappa shape index (κ3) is 3.87. The zero-order valence-corrected chi connectivity index (χ0v) is 12.6. The molecule has 0 amide bonds. The van der Waals surface area contributed by atoms with E-state index in [9.17, 15) is 22.4 Å². The third-order valence-corrected chi connectivity index (χ3v) is 4.21. The standard InChI is InChI=1S/C16H16F4N2O2/c17-12-4-9(3-11(7-12)16(18,19)20)5-13-6-10(1-2-21-13)14-8-15(23)22-24-14/h3-4,7-8,10,13,21H,1-2,5-6H2,(H,22,23)/t10-,13+/m0/s1. The van der Waals surface area contributed by atoms with Crippen LogP contribution in [0.5, 0.6) is 0 Å². The van der Waals surface area contributed by atoms with Crippen LogP contribution in [0.4, 0.5) is 17.6 Å². The van der Waals surface area contributed by atoms with Gasteiger partial charge in [-0.05, 0) is 49.6 Å². The summed E-state index contributed by atoms with van der Waals surface area (Å²) >= 11 is 0. The van der Waals surface area contributed by atoms with Crippen LogP contribution >= 0.6 is 0 Å². The lowest BCUT2D eigenvalue weighted by Gasteiger charge is -2.29. The Hall–Kier alpha value is -2.09. The molecule has 3 rings (SSSR count). The van der Waals surface area contributed by atoms with Gasteiger partial charge in [-0.1, -0.05) is 0 Å². The first kappa shape index (κ1) is 16.8. The van der Waals surface area contributed by atoms with Crippen molar-refractivity contribution in [1.29, 1.82) is 0 Å². The van der Waals surface area contributed by atoms with E-state index in [0.717, 1.165) is 18.6 Å². The Morgan fingerprint density at radius 1 is 1.21 bits per heavy atom. The number of piperidine rings is 1. The normalized spacial score (nSPS) is 21.8. The molecule has 8 heteroatoms. The molecule has 0 spiro atoms. The van der Waals surface area contributed by atoms with Gasteiger partial charge in [0.05, 0.1) is 5.56 Å². The van der Waals surface area contributed by atoms with Crippen LogP contribution in [0.15, 0.2) is 33.6 Å². The number of H-pyrrole nitrogens is 1. The maximum atomic E-state index is 13.5. The van der Waals surface area contributed by atoms with Crippen molar-refractivity contribution in [2.45, 2.75) is 37.4 Å². The number of aromatic nitrogens is 1. The van der Waals surface area contributed by atoms with Crippen molar-refractivity contribution in [3.8, 4) is 0 Å². The monoisotopic (exact) mass is 344 g/mol. The minimum Gasteiger partial charge on any atom is -0.383 e. The SMILES string of the molecule is O=c1cc([C@H]2CCN[C@H](Cc3cc(F)cc(C(F)(F)F)c3)C2)o[nH]1. The molecule has 1 aliphatic rings. The Bertz CT molecular complexity index is 766. The highest BCUT2D eigenvalue weighted by atomic mass is 19.4. The highest BCUT2D eigenvalue weighted by Crippen LogP contribution is 2.32. The number of halogens is 4. The van der Waals surface area contributed by atoms with Crippen LogP contribution in [0, 0.1) is 5.82 Å². The first-order chi connectivity index (χ1) is 11.3. The molecule has 0 unspecified atom stereocenters. The number of benzene rings is 1. The summed E-state index contributed by atoms with van der Waals surface area (Å²) in [5, 5.41) is 5.45. The number of hydrogen-bond acceptors (Lipinski definition) is 3. The molecular formula is C16H16F4N2O2. The fourth-order valence-electron chi connectivity index (χ4n) is 3.14. The second-order valence-corrected chi connectivity index (χ2v) is 6.04. The molecule has 24 heavy (non-hydrogen) atoms. The van der Waals surface area contributed by atoms with E-state index in [2.05, 4.69) is 10.5 Å². The lowest BCUT2D eigenvalue weighted by molar-refractivity contribution is -0.137. The Morgan fingerprint density at radius 3 is 2.67 bits per heavy atom. The van der Waals surface area contributed by atoms with Crippen molar-refractivity contribution in [3.63, 3.8) is 0 Å². The predicted molar refractivity (Wildman–Crippen MR) is 78.2 cm³/mol. The van der Waals surface area contributed by atoms with Gasteiger partial charge in [0.25, 0.3) is 5.56 Å². The van der Waals surface area contributed by atoms with Crippen molar-refractivity contribution in [2.24, 2.45) is 0 Å². The van der Waals surface area contributed by atoms with Crippen LogP contribution in [-0.4, -0.2) is 17.7 Å². The molecule has 2 aromatic rings. The molecule has 0 bridgehead atoms. The van der Waals surface area contributed by atoms with E-state index in [1.807, 2.05) is 0 Å². The summed E-state index contributed by atoms with van der Waals surface area (Å²) in [5.41, 5.74) is -1.02. The van der Waals surface area contributed by atoms with E-state index in [4.69, 9.17) is 4.52 Å². The van der Waals surface area contributed by atoms with Crippen molar-refractivity contribution in [3.05, 3.63) is 57.3 Å². The maximum Gasteiger partial charge on any atom is 0.416 e. The fraction of sp³-hybridized carbons (Fsp3) is 0.438. The lowest BCUT2D eigenvalue weighted by Crippen LogP contribution is -2.38. The van der Waals surface area contributed by atoms with Gasteiger partial charge in [0.2, 0.25) is 0 Å². The van der Waals surface area contributed by atoms with Gasteiger partial charge in [0.15, 0.2) is 0 Å². The van der Waals surface area contributed by atoms with Gasteiger partial charge in [0, 0.05) is 18.0 Å². The summed E-state index contributed by atoms with van der Waals surface area (Å²) in [7, 11) is 0. The number of nitrogens with one attached hydrogen (secondary N) is 2. The van der Waals surface area contributed by atoms with Crippen LogP contribution in [0.25, 0.3) is 0 Å². The highest BCUT2D eigenvalue weighted by Gasteiger charge is 2.32. The quantitative estimate of drug-likeness (QED) is 0.841. The summed E-state index contributed by atoms with van der Waals surface area (Å²) in [4.78, 5) is 11.2. The number of aromatic amines is 1. The Labute approximate surface area is 134 Å². The highest BCUT2D eigenvalue weighted by molar-refractivity contribution is 5.27. The van der Waals surface area contributed by atoms with Crippen molar-refractivity contribution in [1.82, 2.24) is 10.5 Å². The van der Waals surface area contributed by atoms with Gasteiger partial charge >= 0.3 is 6.18 Å². The average molecular weight is 344 g/mol. The van der Waals surface area contributed by atoms with Gasteiger partial charge < -0.3 is 9.84 Å². The van der Waals surface area contributed by atoms with Gasteiger partial charge in [0.1, 0.15) is 11.6 Å². The minimum atomic E-state index is -4.58. The van der Waals surface area contributed by atoms with Gasteiger partial charge in [-0.25, -0.2) is 4.39 Å². The van der Waals surface area contributed by atoms with Crippen LogP contribution in [0.3, 0.4) is 0 Å². The van der Waals surface area contributed by atoms with Crippen LogP contribution in [0.2, 0.25) is 0 Å². The molecule has 4 nitrogen and oxygen atoms in total. The topological polar surface area (TPSA) is 58.0 Å². The van der Waals surface area contributed by atoms with Crippen LogP contribution in [-0.2, 0) is 12.6 Å². The Balaban J connectivity index is 1.74. The summed E-state index contributed by atoms with van der Waals surface area (Å²) in [6, 6.07) is 3.86. The molecule has 0 saturated carbocycles. The molecular weight excluding hydrogens is 328 g/mol. The van der Waals surface area contributed by atoms with E-state index >= 15 is 0 Å². The maximum absolute atomic E-state index is 13.5. The second-order valence-electron chi connectivity index (χ2n) is 6.04. The summed E-state index contributed by atoms with van der Waals surface area (Å²) in [6.07, 6.45) is -2.95. The van der Waals surface area contributed by atoms with Crippen molar-refractivity contribution < 1.29 is 22.1 Å². The average Bonchev–Trinajstić information content (AvgIpc) is 2.93. The second kappa shape index (κ2) is 6.43. The molecule has 0 aliphatic carbocycles. The van der Waals surface area contributed by atoms with Crippen molar-refractivity contribution in [2.75, 3.05) is 6.54 Å². The molecule has 0 radical (unpaired) electrons. The summed E-state index contributed by atoms with van der Waals surface area (Å²) in [5.74, 6) is -0.351. The largest absolute Gasteiger partial charge is 0.416 e. The third-order valence-electron chi connectivity index (χ3n) is 4.21. The summed E-state index contributed by atoms with van der Waals surface area (Å²) in [6.45, 7) is 0.645. The molecule has 2 atom stereocenters. The molecule has 1 fully saturated rings. The van der Waals surface area contributed by atoms with E-state index in [1.165, 1.54) is 6.07 Å². The molecule has 130 valence electrons. The number of hydrogen-bond donors (Lipinski definition) is 2. The van der Waals surface area contributed by atoms with E-state index in [-0.39, 0.29) is 29.5 Å². The van der Waals surface area contributed by atoms with Crippen LogP contribution < -0.4 is 10.9 Å². The molecule has 1 aliphatic heterocycles. The molecule has 2 heterocycles. The Kier molecular flexibility index (Phi) is 4.49. The molecule has 1 aromatic heterocycles. The zero-order valence-electron chi connectivity index (χ0n) is 12.6. The molecule has 1 aromatic carbocycles. The Morgan fingerprint density at radius 2 is 2.00 bits per heavy atom. The molecule has 2 N–H and O–H groups in total. The van der Waals surface area contributed by atoms with Gasteiger partial charge in [-0.2, -0.15) is 18.3 Å². The van der Waals surface area contributed by atoms with E-state index in [0.29, 0.717) is 24.8 Å². The number of alkyl halides is 3. The van der Waals surface area contributed by atoms with Crippen LogP contribution in [0.1, 0.15) is 35.6 Å². The molecule has 1 saturated heterocycles. The smallest absolute Gasteiger partial charge is 0.383 e. The fourth-order valence-corrected chi connectivity index (χ4v) is 3.14. The predicted octanol–water partition coefficient (Wildman–Crippen LogP) is 3.20. The van der Waals surface area contributed by atoms with E-state index < -0.39 is 17.6 Å². The van der Waals surface area contributed by atoms with E-state index in [1.54, 1.807) is 0 Å². The number of rotatable bonds is 3. The van der Waals surface area contributed by atoms with Crippen molar-refractivity contribution >= 4 is 0 Å². The van der Waals surface area contributed by atoms with Gasteiger partial charge in [-0.15, -0.1) is 0 Å². The summed E-state index contributed by atoms with van der Waals surface area (Å²) < 4.78 is 56.9. The minimum absolute atomic E-state index is 0.00541. The van der Waals surface area contributed by atoms with Gasteiger partial charge in [-0.3, -0.25) is 4.79 Å². The lowest BCUT2D eigenvalue weighted by atomic mass is 9.87. The first-order valence-corrected chi connectivity index (χ1v) is 7.60.